The molecule has 3 heteroatoms. The van der Waals surface area contributed by atoms with Crippen molar-refractivity contribution in [3.8, 4) is 6.07 Å². The Morgan fingerprint density at radius 1 is 1.77 bits per heavy atom. The third-order valence-corrected chi connectivity index (χ3v) is 1.76. The van der Waals surface area contributed by atoms with Gasteiger partial charge in [-0.3, -0.25) is 0 Å². The molecule has 0 saturated heterocycles. The van der Waals surface area contributed by atoms with E-state index in [1.165, 1.54) is 12.3 Å². The number of hydrogen-bond donors (Lipinski definition) is 1. The molecule has 0 spiro atoms. The van der Waals surface area contributed by atoms with Crippen molar-refractivity contribution in [2.75, 3.05) is 0 Å². The van der Waals surface area contributed by atoms with Gasteiger partial charge in [-0.2, -0.15) is 5.26 Å². The van der Waals surface area contributed by atoms with Crippen molar-refractivity contribution in [2.45, 2.75) is 18.9 Å². The van der Waals surface area contributed by atoms with Crippen LogP contribution in [0.3, 0.4) is 0 Å². The van der Waals surface area contributed by atoms with E-state index in [0.29, 0.717) is 12.2 Å². The van der Waals surface area contributed by atoms with Gasteiger partial charge in [-0.25, -0.2) is 0 Å². The van der Waals surface area contributed by atoms with Crippen molar-refractivity contribution in [1.82, 2.24) is 0 Å². The van der Waals surface area contributed by atoms with Crippen LogP contribution in [0, 0.1) is 11.3 Å². The van der Waals surface area contributed by atoms with Gasteiger partial charge in [0.15, 0.2) is 0 Å². The van der Waals surface area contributed by atoms with Gasteiger partial charge in [0.2, 0.25) is 0 Å². The van der Waals surface area contributed by atoms with Crippen molar-refractivity contribution in [3.63, 3.8) is 0 Å². The predicted molar refractivity (Wildman–Crippen MR) is 47.6 cm³/mol. The van der Waals surface area contributed by atoms with Crippen molar-refractivity contribution in [1.29, 1.82) is 5.26 Å². The van der Waals surface area contributed by atoms with Crippen molar-refractivity contribution >= 4 is 0 Å². The lowest BCUT2D eigenvalue weighted by Gasteiger charge is -2.17. The van der Waals surface area contributed by atoms with Crippen LogP contribution in [-0.2, 0) is 5.60 Å². The Bertz CT molecular complexity index is 317. The molecule has 1 atom stereocenters. The van der Waals surface area contributed by atoms with Gasteiger partial charge >= 0.3 is 0 Å². The van der Waals surface area contributed by atoms with E-state index in [9.17, 15) is 5.11 Å². The number of nitriles is 1. The first-order valence-corrected chi connectivity index (χ1v) is 3.98. The molecule has 1 aromatic rings. The van der Waals surface area contributed by atoms with Crippen LogP contribution in [0.1, 0.15) is 19.1 Å². The van der Waals surface area contributed by atoms with E-state index in [0.717, 1.165) is 0 Å². The average molecular weight is 177 g/mol. The summed E-state index contributed by atoms with van der Waals surface area (Å²) in [5.74, 6) is 0.509. The molecule has 0 aliphatic rings. The Kier molecular flexibility index (Phi) is 2.88. The van der Waals surface area contributed by atoms with E-state index < -0.39 is 5.60 Å². The molecule has 0 fully saturated rings. The molecule has 68 valence electrons. The fourth-order valence-electron chi connectivity index (χ4n) is 1.03. The van der Waals surface area contributed by atoms with Crippen LogP contribution in [0.5, 0.6) is 0 Å². The van der Waals surface area contributed by atoms with Gasteiger partial charge in [0.05, 0.1) is 12.3 Å². The zero-order valence-electron chi connectivity index (χ0n) is 7.40. The summed E-state index contributed by atoms with van der Waals surface area (Å²) >= 11 is 0. The van der Waals surface area contributed by atoms with Crippen LogP contribution < -0.4 is 0 Å². The van der Waals surface area contributed by atoms with E-state index in [1.807, 2.05) is 6.07 Å². The van der Waals surface area contributed by atoms with Gasteiger partial charge in [-0.05, 0) is 19.1 Å². The Balaban J connectivity index is 2.68. The van der Waals surface area contributed by atoms with Gasteiger partial charge in [0, 0.05) is 12.5 Å². The maximum absolute atomic E-state index is 9.85. The minimum atomic E-state index is -1.03. The Labute approximate surface area is 76.9 Å². The van der Waals surface area contributed by atoms with Gasteiger partial charge in [0.1, 0.15) is 11.4 Å². The molecule has 1 aromatic heterocycles. The van der Waals surface area contributed by atoms with Crippen LogP contribution in [0.25, 0.3) is 0 Å². The van der Waals surface area contributed by atoms with E-state index >= 15 is 0 Å². The summed E-state index contributed by atoms with van der Waals surface area (Å²) in [4.78, 5) is 0. The first kappa shape index (κ1) is 9.56. The molecular formula is C10H11NO2. The molecule has 0 aliphatic heterocycles. The topological polar surface area (TPSA) is 57.2 Å². The molecular weight excluding hydrogens is 166 g/mol. The van der Waals surface area contributed by atoms with E-state index in [2.05, 4.69) is 0 Å². The first-order valence-electron chi connectivity index (χ1n) is 3.98. The second-order valence-corrected chi connectivity index (χ2v) is 2.99. The molecule has 0 radical (unpaired) electrons. The van der Waals surface area contributed by atoms with Crippen LogP contribution in [0.15, 0.2) is 35.0 Å². The van der Waals surface area contributed by atoms with Gasteiger partial charge in [-0.1, -0.05) is 6.08 Å². The summed E-state index contributed by atoms with van der Waals surface area (Å²) in [5, 5.41) is 18.1. The lowest BCUT2D eigenvalue weighted by molar-refractivity contribution is 0.0372. The zero-order valence-corrected chi connectivity index (χ0v) is 7.40. The first-order chi connectivity index (χ1) is 6.17. The van der Waals surface area contributed by atoms with Crippen molar-refractivity contribution in [3.05, 3.63) is 36.3 Å². The molecule has 1 rings (SSSR count). The Morgan fingerprint density at radius 3 is 3.08 bits per heavy atom. The second kappa shape index (κ2) is 3.92. The van der Waals surface area contributed by atoms with Crippen molar-refractivity contribution < 1.29 is 9.52 Å². The van der Waals surface area contributed by atoms with Crippen LogP contribution in [0.4, 0.5) is 0 Å². The molecule has 0 aromatic carbocycles. The molecule has 3 nitrogen and oxygen atoms in total. The molecule has 0 amide bonds. The van der Waals surface area contributed by atoms with E-state index in [-0.39, 0.29) is 0 Å². The number of hydrogen-bond acceptors (Lipinski definition) is 3. The van der Waals surface area contributed by atoms with Crippen LogP contribution in [-0.4, -0.2) is 5.11 Å². The lowest BCUT2D eigenvalue weighted by atomic mass is 9.99. The predicted octanol–water partition coefficient (Wildman–Crippen LogP) is 1.96. The third-order valence-electron chi connectivity index (χ3n) is 1.76. The smallest absolute Gasteiger partial charge is 0.135 e. The molecule has 1 heterocycles. The SMILES string of the molecule is C[C@@](O)(C/C=C\C#N)c1ccco1. The summed E-state index contributed by atoms with van der Waals surface area (Å²) in [6.07, 6.45) is 4.84. The summed E-state index contributed by atoms with van der Waals surface area (Å²) < 4.78 is 5.06. The molecule has 0 saturated carbocycles. The third kappa shape index (κ3) is 2.46. The van der Waals surface area contributed by atoms with Gasteiger partial charge in [-0.15, -0.1) is 0 Å². The second-order valence-electron chi connectivity index (χ2n) is 2.99. The maximum atomic E-state index is 9.85. The minimum absolute atomic E-state index is 0.369. The Hall–Kier alpha value is -1.53. The normalized spacial score (nSPS) is 15.5. The number of aliphatic hydroxyl groups is 1. The molecule has 0 unspecified atom stereocenters. The highest BCUT2D eigenvalue weighted by molar-refractivity contribution is 5.11. The lowest BCUT2D eigenvalue weighted by Crippen LogP contribution is -2.18. The standard InChI is InChI=1S/C10H11NO2/c1-10(12,6-2-3-7-11)9-5-4-8-13-9/h2-5,8,12H,6H2,1H3/b3-2-/t10-/m1/s1. The fraction of sp³-hybridized carbons (Fsp3) is 0.300. The molecule has 0 bridgehead atoms. The number of rotatable bonds is 3. The fourth-order valence-corrected chi connectivity index (χ4v) is 1.03. The number of furan rings is 1. The summed E-state index contributed by atoms with van der Waals surface area (Å²) in [6.45, 7) is 1.65. The maximum Gasteiger partial charge on any atom is 0.135 e. The van der Waals surface area contributed by atoms with Crippen molar-refractivity contribution in [2.24, 2.45) is 0 Å². The van der Waals surface area contributed by atoms with Crippen LogP contribution in [0.2, 0.25) is 0 Å². The molecule has 13 heavy (non-hydrogen) atoms. The van der Waals surface area contributed by atoms with Gasteiger partial charge in [0.25, 0.3) is 0 Å². The molecule has 1 N–H and O–H groups in total. The Morgan fingerprint density at radius 2 is 2.54 bits per heavy atom. The molecule has 0 aliphatic carbocycles. The average Bonchev–Trinajstić information content (AvgIpc) is 2.56. The zero-order chi connectivity index (χ0) is 9.73. The van der Waals surface area contributed by atoms with E-state index in [1.54, 1.807) is 25.1 Å². The monoisotopic (exact) mass is 177 g/mol. The number of allylic oxidation sites excluding steroid dienone is 1. The van der Waals surface area contributed by atoms with Crippen LogP contribution >= 0.6 is 0 Å². The summed E-state index contributed by atoms with van der Waals surface area (Å²) in [6, 6.07) is 5.29. The van der Waals surface area contributed by atoms with Gasteiger partial charge < -0.3 is 9.52 Å². The number of nitrogens with zero attached hydrogens (tertiary/aromatic N) is 1. The highest BCUT2D eigenvalue weighted by Gasteiger charge is 2.24. The highest BCUT2D eigenvalue weighted by atomic mass is 16.4. The minimum Gasteiger partial charge on any atom is -0.466 e. The summed E-state index contributed by atoms with van der Waals surface area (Å²) in [7, 11) is 0. The van der Waals surface area contributed by atoms with E-state index in [4.69, 9.17) is 9.68 Å². The highest BCUT2D eigenvalue weighted by Crippen LogP contribution is 2.24. The largest absolute Gasteiger partial charge is 0.466 e. The quantitative estimate of drug-likeness (QED) is 0.718. The summed E-state index contributed by atoms with van der Waals surface area (Å²) in [5.41, 5.74) is -1.03.